The molecule has 0 aliphatic carbocycles. The van der Waals surface area contributed by atoms with Gasteiger partial charge in [-0.3, -0.25) is 4.79 Å². The maximum atomic E-state index is 12.3. The number of urea groups is 1. The van der Waals surface area contributed by atoms with Crippen molar-refractivity contribution in [2.24, 2.45) is 0 Å². The van der Waals surface area contributed by atoms with E-state index in [9.17, 15) is 9.59 Å². The maximum absolute atomic E-state index is 12.3. The first-order valence-corrected chi connectivity index (χ1v) is 10.6. The fourth-order valence-electron chi connectivity index (χ4n) is 3.66. The number of aryl methyl sites for hydroxylation is 1. The van der Waals surface area contributed by atoms with Crippen LogP contribution in [-0.4, -0.2) is 46.5 Å². The molecule has 0 bridgehead atoms. The summed E-state index contributed by atoms with van der Waals surface area (Å²) in [5.41, 5.74) is 3.85. The van der Waals surface area contributed by atoms with E-state index in [0.29, 0.717) is 45.6 Å². The Morgan fingerprint density at radius 3 is 2.90 bits per heavy atom. The Hall–Kier alpha value is -3.55. The van der Waals surface area contributed by atoms with E-state index < -0.39 is 0 Å². The van der Waals surface area contributed by atoms with Crippen molar-refractivity contribution in [3.8, 4) is 5.75 Å². The van der Waals surface area contributed by atoms with Crippen LogP contribution in [0.4, 0.5) is 4.79 Å². The summed E-state index contributed by atoms with van der Waals surface area (Å²) in [4.78, 5) is 34.0. The van der Waals surface area contributed by atoms with Crippen LogP contribution < -0.4 is 15.4 Å². The molecule has 0 spiro atoms. The zero-order chi connectivity index (χ0) is 21.6. The lowest BCUT2D eigenvalue weighted by molar-refractivity contribution is -0.121. The van der Waals surface area contributed by atoms with Gasteiger partial charge in [0.05, 0.1) is 30.7 Å². The third-order valence-corrected chi connectivity index (χ3v) is 5.25. The average Bonchev–Trinajstić information content (AvgIpc) is 3.07. The molecule has 31 heavy (non-hydrogen) atoms. The first-order chi connectivity index (χ1) is 15.1. The number of aromatic amines is 1. The molecule has 0 saturated carbocycles. The van der Waals surface area contributed by atoms with E-state index in [2.05, 4.69) is 20.6 Å². The van der Waals surface area contributed by atoms with Gasteiger partial charge in [-0.15, -0.1) is 0 Å². The summed E-state index contributed by atoms with van der Waals surface area (Å²) in [6.45, 7) is 4.36. The van der Waals surface area contributed by atoms with Gasteiger partial charge in [0.2, 0.25) is 5.91 Å². The van der Waals surface area contributed by atoms with Crippen LogP contribution in [0.3, 0.4) is 0 Å². The Kier molecular flexibility index (Phi) is 6.35. The molecule has 8 heteroatoms. The van der Waals surface area contributed by atoms with Crippen LogP contribution in [0.1, 0.15) is 30.3 Å². The predicted molar refractivity (Wildman–Crippen MR) is 118 cm³/mol. The highest BCUT2D eigenvalue weighted by Crippen LogP contribution is 2.25. The van der Waals surface area contributed by atoms with Crippen LogP contribution in [0.5, 0.6) is 5.75 Å². The Bertz CT molecular complexity index is 1050. The quantitative estimate of drug-likeness (QED) is 0.570. The number of aromatic nitrogens is 2. The zero-order valence-corrected chi connectivity index (χ0v) is 17.6. The van der Waals surface area contributed by atoms with Crippen LogP contribution in [0.25, 0.3) is 11.0 Å². The van der Waals surface area contributed by atoms with Gasteiger partial charge in [-0.05, 0) is 37.1 Å². The summed E-state index contributed by atoms with van der Waals surface area (Å²) >= 11 is 0. The number of carbonyl (C=O) groups excluding carboxylic acids is 2. The van der Waals surface area contributed by atoms with E-state index in [4.69, 9.17) is 4.74 Å². The second-order valence-electron chi connectivity index (χ2n) is 7.52. The topological polar surface area (TPSA) is 99.3 Å². The lowest BCUT2D eigenvalue weighted by Gasteiger charge is -2.20. The summed E-state index contributed by atoms with van der Waals surface area (Å²) < 4.78 is 5.79. The maximum Gasteiger partial charge on any atom is 0.317 e. The molecule has 2 aromatic carbocycles. The number of nitrogens with zero attached hydrogens (tertiary/aromatic N) is 2. The Labute approximate surface area is 181 Å². The summed E-state index contributed by atoms with van der Waals surface area (Å²) in [6, 6.07) is 13.6. The number of hydrogen-bond donors (Lipinski definition) is 3. The molecule has 8 nitrogen and oxygen atoms in total. The number of hydrogen-bond acceptors (Lipinski definition) is 4. The van der Waals surface area contributed by atoms with Crippen LogP contribution in [0.2, 0.25) is 0 Å². The first kappa shape index (κ1) is 20.7. The van der Waals surface area contributed by atoms with Crippen molar-refractivity contribution < 1.29 is 14.3 Å². The highest BCUT2D eigenvalue weighted by atomic mass is 16.5. The first-order valence-electron chi connectivity index (χ1n) is 10.6. The molecule has 1 aliphatic rings. The Balaban J connectivity index is 1.32. The highest BCUT2D eigenvalue weighted by molar-refractivity contribution is 5.77. The number of ether oxygens (including phenoxy) is 1. The van der Waals surface area contributed by atoms with Gasteiger partial charge in [0.25, 0.3) is 0 Å². The van der Waals surface area contributed by atoms with Gasteiger partial charge in [0.1, 0.15) is 18.2 Å². The molecule has 1 aromatic heterocycles. The number of rotatable bonds is 6. The van der Waals surface area contributed by atoms with Crippen LogP contribution >= 0.6 is 0 Å². The molecule has 0 radical (unpaired) electrons. The van der Waals surface area contributed by atoms with Crippen molar-refractivity contribution >= 4 is 23.0 Å². The van der Waals surface area contributed by atoms with Gasteiger partial charge in [-0.1, -0.05) is 24.3 Å². The van der Waals surface area contributed by atoms with Crippen molar-refractivity contribution in [3.63, 3.8) is 0 Å². The second-order valence-corrected chi connectivity index (χ2v) is 7.52. The van der Waals surface area contributed by atoms with Crippen LogP contribution in [0, 0.1) is 0 Å². The number of amides is 3. The van der Waals surface area contributed by atoms with Gasteiger partial charge in [-0.2, -0.15) is 0 Å². The van der Waals surface area contributed by atoms with E-state index in [-0.39, 0.29) is 11.9 Å². The van der Waals surface area contributed by atoms with E-state index in [1.54, 1.807) is 4.90 Å². The lowest BCUT2D eigenvalue weighted by Crippen LogP contribution is -2.40. The van der Waals surface area contributed by atoms with Gasteiger partial charge in [-0.25, -0.2) is 9.78 Å². The third kappa shape index (κ3) is 5.14. The average molecular weight is 422 g/mol. The molecule has 3 amide bonds. The number of H-pyrrole nitrogens is 1. The number of para-hydroxylation sites is 2. The largest absolute Gasteiger partial charge is 0.491 e. The number of nitrogens with one attached hydrogen (secondary N) is 3. The monoisotopic (exact) mass is 421 g/mol. The van der Waals surface area contributed by atoms with E-state index in [1.165, 1.54) is 0 Å². The molecule has 4 rings (SSSR count). The Morgan fingerprint density at radius 1 is 1.19 bits per heavy atom. The number of carbonyl (C=O) groups is 2. The molecule has 2 heterocycles. The highest BCUT2D eigenvalue weighted by Gasteiger charge is 2.19. The number of benzene rings is 2. The fourth-order valence-corrected chi connectivity index (χ4v) is 3.66. The fraction of sp³-hybridized carbons (Fsp3) is 0.348. The lowest BCUT2D eigenvalue weighted by atomic mass is 10.0. The Morgan fingerprint density at radius 2 is 2.06 bits per heavy atom. The number of imidazole rings is 1. The van der Waals surface area contributed by atoms with Crippen molar-refractivity contribution in [1.82, 2.24) is 25.5 Å². The molecular weight excluding hydrogens is 394 g/mol. The van der Waals surface area contributed by atoms with E-state index >= 15 is 0 Å². The molecular formula is C23H27N5O3. The summed E-state index contributed by atoms with van der Waals surface area (Å²) in [7, 11) is 0. The predicted octanol–water partition coefficient (Wildman–Crippen LogP) is 2.74. The van der Waals surface area contributed by atoms with Crippen molar-refractivity contribution in [2.75, 3.05) is 19.7 Å². The molecule has 0 atom stereocenters. The molecule has 162 valence electrons. The van der Waals surface area contributed by atoms with E-state index in [1.807, 2.05) is 49.4 Å². The number of fused-ring (bicyclic) bond motifs is 2. The molecule has 0 fully saturated rings. The summed E-state index contributed by atoms with van der Waals surface area (Å²) in [5.74, 6) is 1.50. The molecule has 1 aliphatic heterocycles. The van der Waals surface area contributed by atoms with Crippen molar-refractivity contribution in [3.05, 3.63) is 59.4 Å². The van der Waals surface area contributed by atoms with Crippen molar-refractivity contribution in [1.29, 1.82) is 0 Å². The molecule has 3 N–H and O–H groups in total. The SMILES string of the molecule is CCNC(=O)N1CCOc2ccc(CCC(=O)NCc3nc4ccccc4[nH]3)cc2C1. The smallest absolute Gasteiger partial charge is 0.317 e. The van der Waals surface area contributed by atoms with Crippen LogP contribution in [-0.2, 0) is 24.3 Å². The van der Waals surface area contributed by atoms with Gasteiger partial charge in [0.15, 0.2) is 0 Å². The zero-order valence-electron chi connectivity index (χ0n) is 17.6. The molecule has 3 aromatic rings. The van der Waals surface area contributed by atoms with E-state index in [0.717, 1.165) is 33.7 Å². The summed E-state index contributed by atoms with van der Waals surface area (Å²) in [5, 5.41) is 5.76. The van der Waals surface area contributed by atoms with Crippen LogP contribution in [0.15, 0.2) is 42.5 Å². The molecule has 0 saturated heterocycles. The van der Waals surface area contributed by atoms with Gasteiger partial charge in [0, 0.05) is 18.5 Å². The normalized spacial score (nSPS) is 13.3. The minimum atomic E-state index is -0.0886. The van der Waals surface area contributed by atoms with Gasteiger partial charge < -0.3 is 25.3 Å². The minimum Gasteiger partial charge on any atom is -0.491 e. The van der Waals surface area contributed by atoms with Crippen molar-refractivity contribution in [2.45, 2.75) is 32.9 Å². The standard InChI is InChI=1S/C23H27N5O3/c1-2-24-23(30)28-11-12-31-20-9-7-16(13-17(20)15-28)8-10-22(29)25-14-21-26-18-5-3-4-6-19(18)27-21/h3-7,9,13H,2,8,10-12,14-15H2,1H3,(H,24,30)(H,25,29)(H,26,27). The van der Waals surface area contributed by atoms with Gasteiger partial charge >= 0.3 is 6.03 Å². The minimum absolute atomic E-state index is 0.0319. The second kappa shape index (κ2) is 9.51. The summed E-state index contributed by atoms with van der Waals surface area (Å²) in [6.07, 6.45) is 0.986. The third-order valence-electron chi connectivity index (χ3n) is 5.25. The molecule has 0 unspecified atom stereocenters.